The minimum absolute atomic E-state index is 0.261. The van der Waals surface area contributed by atoms with Crippen molar-refractivity contribution in [3.05, 3.63) is 12.4 Å². The molecule has 2 saturated heterocycles. The van der Waals surface area contributed by atoms with Crippen LogP contribution < -0.4 is 10.2 Å². The Morgan fingerprint density at radius 1 is 1.25 bits per heavy atom. The number of nitrogens with zero attached hydrogens (tertiary/aromatic N) is 3. The molecule has 3 atom stereocenters. The molecule has 3 aliphatic rings. The van der Waals surface area contributed by atoms with E-state index in [1.54, 1.807) is 6.33 Å². The summed E-state index contributed by atoms with van der Waals surface area (Å²) in [6.07, 6.45) is 9.09. The van der Waals surface area contributed by atoms with Gasteiger partial charge in [0, 0.05) is 38.4 Å². The molecular formula is C18H28N4O2. The fourth-order valence-corrected chi connectivity index (χ4v) is 3.99. The van der Waals surface area contributed by atoms with Crippen molar-refractivity contribution in [3.8, 4) is 0 Å². The highest BCUT2D eigenvalue weighted by Crippen LogP contribution is 2.38. The number of hydrogen-bond acceptors (Lipinski definition) is 6. The zero-order valence-electron chi connectivity index (χ0n) is 14.2. The number of piperidine rings is 1. The Balaban J connectivity index is 1.39. The van der Waals surface area contributed by atoms with Gasteiger partial charge in [-0.15, -0.1) is 0 Å². The fourth-order valence-electron chi connectivity index (χ4n) is 3.99. The first-order chi connectivity index (χ1) is 11.8. The molecule has 6 heteroatoms. The molecule has 0 spiro atoms. The standard InChI is InChI=1S/C18H28N4O2/c23-11-13-2-1-6-22(10-13)18-9-17(19-12-20-18)21-15-5-7-24-16(8-15)14-3-4-14/h9,12-16,23H,1-8,10-11H2,(H,19,20,21). The molecule has 6 nitrogen and oxygen atoms in total. The van der Waals surface area contributed by atoms with Gasteiger partial charge in [0.05, 0.1) is 6.10 Å². The zero-order valence-corrected chi connectivity index (χ0v) is 14.2. The Morgan fingerprint density at radius 2 is 2.17 bits per heavy atom. The predicted octanol–water partition coefficient (Wildman–Crippen LogP) is 2.05. The van der Waals surface area contributed by atoms with Crippen LogP contribution in [0.3, 0.4) is 0 Å². The molecule has 0 bridgehead atoms. The molecule has 2 aliphatic heterocycles. The molecule has 0 aromatic carbocycles. The predicted molar refractivity (Wildman–Crippen MR) is 93.2 cm³/mol. The van der Waals surface area contributed by atoms with Crippen LogP contribution in [0.15, 0.2) is 12.4 Å². The fraction of sp³-hybridized carbons (Fsp3) is 0.778. The van der Waals surface area contributed by atoms with Gasteiger partial charge in [0.1, 0.15) is 18.0 Å². The summed E-state index contributed by atoms with van der Waals surface area (Å²) in [6.45, 7) is 3.00. The number of rotatable bonds is 5. The van der Waals surface area contributed by atoms with Crippen molar-refractivity contribution in [3.63, 3.8) is 0 Å². The summed E-state index contributed by atoms with van der Waals surface area (Å²) in [5.41, 5.74) is 0. The lowest BCUT2D eigenvalue weighted by Crippen LogP contribution is -2.37. The van der Waals surface area contributed by atoms with Gasteiger partial charge in [-0.25, -0.2) is 9.97 Å². The van der Waals surface area contributed by atoms with E-state index in [2.05, 4.69) is 26.3 Å². The van der Waals surface area contributed by atoms with Gasteiger partial charge < -0.3 is 20.1 Å². The maximum atomic E-state index is 9.42. The molecule has 1 aromatic heterocycles. The Morgan fingerprint density at radius 3 is 3.00 bits per heavy atom. The highest BCUT2D eigenvalue weighted by molar-refractivity contribution is 5.49. The minimum atomic E-state index is 0.261. The van der Waals surface area contributed by atoms with Gasteiger partial charge >= 0.3 is 0 Å². The maximum Gasteiger partial charge on any atom is 0.134 e. The van der Waals surface area contributed by atoms with E-state index in [9.17, 15) is 5.11 Å². The van der Waals surface area contributed by atoms with Gasteiger partial charge in [0.2, 0.25) is 0 Å². The average molecular weight is 332 g/mol. The van der Waals surface area contributed by atoms with Crippen LogP contribution in [0.5, 0.6) is 0 Å². The molecule has 1 aromatic rings. The number of aromatic nitrogens is 2. The lowest BCUT2D eigenvalue weighted by atomic mass is 9.99. The molecule has 2 N–H and O–H groups in total. The van der Waals surface area contributed by atoms with Crippen LogP contribution in [0.1, 0.15) is 38.5 Å². The van der Waals surface area contributed by atoms with E-state index in [0.717, 1.165) is 62.9 Å². The van der Waals surface area contributed by atoms with Crippen LogP contribution >= 0.6 is 0 Å². The van der Waals surface area contributed by atoms with Crippen LogP contribution in [0.4, 0.5) is 11.6 Å². The second-order valence-electron chi connectivity index (χ2n) is 7.51. The summed E-state index contributed by atoms with van der Waals surface area (Å²) in [6, 6.07) is 2.50. The third-order valence-corrected chi connectivity index (χ3v) is 5.57. The maximum absolute atomic E-state index is 9.42. The van der Waals surface area contributed by atoms with E-state index >= 15 is 0 Å². The Labute approximate surface area is 143 Å². The van der Waals surface area contributed by atoms with E-state index in [4.69, 9.17) is 4.74 Å². The number of aliphatic hydroxyl groups is 1. The van der Waals surface area contributed by atoms with Gasteiger partial charge in [0.15, 0.2) is 0 Å². The molecule has 0 radical (unpaired) electrons. The van der Waals surface area contributed by atoms with Gasteiger partial charge in [-0.2, -0.15) is 0 Å². The summed E-state index contributed by atoms with van der Waals surface area (Å²) in [5.74, 6) is 3.03. The molecule has 3 fully saturated rings. The van der Waals surface area contributed by atoms with Crippen molar-refractivity contribution >= 4 is 11.6 Å². The van der Waals surface area contributed by atoms with Gasteiger partial charge in [0.25, 0.3) is 0 Å². The smallest absolute Gasteiger partial charge is 0.134 e. The van der Waals surface area contributed by atoms with Crippen molar-refractivity contribution in [2.45, 2.75) is 50.7 Å². The summed E-state index contributed by atoms with van der Waals surface area (Å²) < 4.78 is 5.91. The number of ether oxygens (including phenoxy) is 1. The Hall–Kier alpha value is -1.40. The third kappa shape index (κ3) is 3.81. The van der Waals surface area contributed by atoms with Crippen LogP contribution in [-0.4, -0.2) is 53.5 Å². The van der Waals surface area contributed by atoms with E-state index < -0.39 is 0 Å². The number of hydrogen-bond donors (Lipinski definition) is 2. The van der Waals surface area contributed by atoms with Gasteiger partial charge in [-0.3, -0.25) is 0 Å². The first-order valence-electron chi connectivity index (χ1n) is 9.38. The molecule has 24 heavy (non-hydrogen) atoms. The van der Waals surface area contributed by atoms with Crippen LogP contribution in [-0.2, 0) is 4.74 Å². The molecule has 132 valence electrons. The summed E-state index contributed by atoms with van der Waals surface area (Å²) in [4.78, 5) is 11.1. The normalized spacial score (nSPS) is 31.0. The van der Waals surface area contributed by atoms with Crippen molar-refractivity contribution < 1.29 is 9.84 Å². The second-order valence-corrected chi connectivity index (χ2v) is 7.51. The summed E-state index contributed by atoms with van der Waals surface area (Å²) >= 11 is 0. The van der Waals surface area contributed by atoms with Crippen molar-refractivity contribution in [2.24, 2.45) is 11.8 Å². The quantitative estimate of drug-likeness (QED) is 0.860. The first-order valence-corrected chi connectivity index (χ1v) is 9.38. The largest absolute Gasteiger partial charge is 0.396 e. The van der Waals surface area contributed by atoms with Crippen LogP contribution in [0, 0.1) is 11.8 Å². The van der Waals surface area contributed by atoms with E-state index in [-0.39, 0.29) is 6.61 Å². The molecule has 3 heterocycles. The molecule has 1 saturated carbocycles. The van der Waals surface area contributed by atoms with E-state index in [1.165, 1.54) is 12.8 Å². The average Bonchev–Trinajstić information content (AvgIpc) is 3.47. The summed E-state index contributed by atoms with van der Waals surface area (Å²) in [7, 11) is 0. The molecule has 4 rings (SSSR count). The van der Waals surface area contributed by atoms with Crippen molar-refractivity contribution in [1.29, 1.82) is 0 Å². The van der Waals surface area contributed by atoms with Gasteiger partial charge in [-0.1, -0.05) is 0 Å². The zero-order chi connectivity index (χ0) is 16.4. The lowest BCUT2D eigenvalue weighted by molar-refractivity contribution is -0.00223. The molecular weight excluding hydrogens is 304 g/mol. The molecule has 0 amide bonds. The highest BCUT2D eigenvalue weighted by Gasteiger charge is 2.36. The van der Waals surface area contributed by atoms with Crippen molar-refractivity contribution in [2.75, 3.05) is 36.5 Å². The van der Waals surface area contributed by atoms with Crippen LogP contribution in [0.25, 0.3) is 0 Å². The monoisotopic (exact) mass is 332 g/mol. The van der Waals surface area contributed by atoms with Crippen molar-refractivity contribution in [1.82, 2.24) is 9.97 Å². The van der Waals surface area contributed by atoms with E-state index in [0.29, 0.717) is 18.1 Å². The Kier molecular flexibility index (Phi) is 4.85. The molecule has 1 aliphatic carbocycles. The second kappa shape index (κ2) is 7.23. The lowest BCUT2D eigenvalue weighted by Gasteiger charge is -2.33. The SMILES string of the molecule is OCC1CCCN(c2cc(NC3CCOC(C4CC4)C3)ncn2)C1. The summed E-state index contributed by atoms with van der Waals surface area (Å²) in [5, 5.41) is 13.0. The first kappa shape index (κ1) is 16.1. The van der Waals surface area contributed by atoms with Crippen LogP contribution in [0.2, 0.25) is 0 Å². The Bertz CT molecular complexity index is 552. The molecule has 3 unspecified atom stereocenters. The number of nitrogens with one attached hydrogen (secondary N) is 1. The third-order valence-electron chi connectivity index (χ3n) is 5.57. The number of anilines is 2. The topological polar surface area (TPSA) is 70.5 Å². The minimum Gasteiger partial charge on any atom is -0.396 e. The number of aliphatic hydroxyl groups excluding tert-OH is 1. The highest BCUT2D eigenvalue weighted by atomic mass is 16.5. The van der Waals surface area contributed by atoms with Gasteiger partial charge in [-0.05, 0) is 50.4 Å². The van der Waals surface area contributed by atoms with E-state index in [1.807, 2.05) is 0 Å².